The van der Waals surface area contributed by atoms with Crippen LogP contribution in [0.5, 0.6) is 0 Å². The van der Waals surface area contributed by atoms with E-state index >= 15 is 0 Å². The van der Waals surface area contributed by atoms with Crippen LogP contribution in [0.2, 0.25) is 0 Å². The van der Waals surface area contributed by atoms with Gasteiger partial charge in [-0.15, -0.1) is 12.3 Å². The van der Waals surface area contributed by atoms with E-state index in [1.165, 1.54) is 19.3 Å². The largest absolute Gasteiger partial charge is 0.377 e. The maximum absolute atomic E-state index is 5.71. The molecular formula is C13H23NO. The average Bonchev–Trinajstić information content (AvgIpc) is 2.17. The van der Waals surface area contributed by atoms with E-state index in [1.54, 1.807) is 0 Å². The number of ether oxygens (including phenoxy) is 1. The van der Waals surface area contributed by atoms with E-state index in [-0.39, 0.29) is 5.60 Å². The number of hydrogen-bond donors (Lipinski definition) is 1. The number of nitrogens with one attached hydrogen (secondary N) is 1. The molecule has 0 aromatic heterocycles. The quantitative estimate of drug-likeness (QED) is 0.513. The number of rotatable bonds is 7. The predicted molar refractivity (Wildman–Crippen MR) is 63.7 cm³/mol. The molecule has 1 saturated carbocycles. The van der Waals surface area contributed by atoms with Crippen molar-refractivity contribution < 1.29 is 4.74 Å². The fourth-order valence-corrected chi connectivity index (χ4v) is 2.43. The average molecular weight is 209 g/mol. The standard InChI is InChI=1S/C13H23NO/c1-4-6-7-9-12(14-5-2)13(15-3)10-8-11-13/h1,12,14H,5-11H2,2-3H3. The Morgan fingerprint density at radius 3 is 2.67 bits per heavy atom. The van der Waals surface area contributed by atoms with Crippen LogP contribution in [0.1, 0.15) is 45.4 Å². The zero-order valence-corrected chi connectivity index (χ0v) is 10.0. The van der Waals surface area contributed by atoms with Crippen LogP contribution in [0.4, 0.5) is 0 Å². The van der Waals surface area contributed by atoms with Crippen molar-refractivity contribution in [3.63, 3.8) is 0 Å². The van der Waals surface area contributed by atoms with Gasteiger partial charge in [-0.2, -0.15) is 0 Å². The Bertz CT molecular complexity index is 210. The zero-order chi connectivity index (χ0) is 11.1. The van der Waals surface area contributed by atoms with Crippen molar-refractivity contribution in [3.8, 4) is 12.3 Å². The fraction of sp³-hybridized carbons (Fsp3) is 0.846. The van der Waals surface area contributed by atoms with Gasteiger partial charge in [0.05, 0.1) is 5.60 Å². The van der Waals surface area contributed by atoms with E-state index < -0.39 is 0 Å². The van der Waals surface area contributed by atoms with Crippen LogP contribution in [0.25, 0.3) is 0 Å². The third-order valence-corrected chi connectivity index (χ3v) is 3.51. The normalized spacial score (nSPS) is 20.3. The summed E-state index contributed by atoms with van der Waals surface area (Å²) in [7, 11) is 1.84. The molecular weight excluding hydrogens is 186 g/mol. The number of likely N-dealkylation sites (N-methyl/N-ethyl adjacent to an activating group) is 1. The highest BCUT2D eigenvalue weighted by Crippen LogP contribution is 2.39. The molecule has 1 unspecified atom stereocenters. The zero-order valence-electron chi connectivity index (χ0n) is 10.0. The highest BCUT2D eigenvalue weighted by molar-refractivity contribution is 5.00. The molecule has 1 N–H and O–H groups in total. The molecule has 0 radical (unpaired) electrons. The van der Waals surface area contributed by atoms with E-state index in [0.717, 1.165) is 25.8 Å². The first-order valence-electron chi connectivity index (χ1n) is 6.01. The third-order valence-electron chi connectivity index (χ3n) is 3.51. The lowest BCUT2D eigenvalue weighted by Crippen LogP contribution is -2.56. The summed E-state index contributed by atoms with van der Waals surface area (Å²) < 4.78 is 5.71. The first-order valence-corrected chi connectivity index (χ1v) is 6.01. The summed E-state index contributed by atoms with van der Waals surface area (Å²) in [6, 6.07) is 0.481. The Hall–Kier alpha value is -0.520. The summed E-state index contributed by atoms with van der Waals surface area (Å²) in [5.74, 6) is 2.70. The molecule has 0 heterocycles. The highest BCUT2D eigenvalue weighted by atomic mass is 16.5. The lowest BCUT2D eigenvalue weighted by Gasteiger charge is -2.47. The van der Waals surface area contributed by atoms with E-state index in [1.807, 2.05) is 7.11 Å². The Balaban J connectivity index is 2.45. The van der Waals surface area contributed by atoms with Gasteiger partial charge in [0, 0.05) is 19.6 Å². The Morgan fingerprint density at radius 2 is 2.27 bits per heavy atom. The minimum atomic E-state index is 0.102. The van der Waals surface area contributed by atoms with Crippen LogP contribution in [0.3, 0.4) is 0 Å². The Morgan fingerprint density at radius 1 is 1.53 bits per heavy atom. The summed E-state index contributed by atoms with van der Waals surface area (Å²) in [6.45, 7) is 3.15. The summed E-state index contributed by atoms with van der Waals surface area (Å²) in [5.41, 5.74) is 0.102. The summed E-state index contributed by atoms with van der Waals surface area (Å²) >= 11 is 0. The number of unbranched alkanes of at least 4 members (excludes halogenated alkanes) is 1. The number of hydrogen-bond acceptors (Lipinski definition) is 2. The first kappa shape index (κ1) is 12.5. The van der Waals surface area contributed by atoms with Crippen molar-refractivity contribution in [2.75, 3.05) is 13.7 Å². The van der Waals surface area contributed by atoms with Gasteiger partial charge in [-0.1, -0.05) is 6.92 Å². The molecule has 0 spiro atoms. The minimum Gasteiger partial charge on any atom is -0.377 e. The Labute approximate surface area is 93.8 Å². The highest BCUT2D eigenvalue weighted by Gasteiger charge is 2.43. The molecule has 0 aliphatic heterocycles. The van der Waals surface area contributed by atoms with Gasteiger partial charge in [0.15, 0.2) is 0 Å². The van der Waals surface area contributed by atoms with Gasteiger partial charge in [0.2, 0.25) is 0 Å². The molecule has 86 valence electrons. The third kappa shape index (κ3) is 2.96. The molecule has 0 saturated heterocycles. The van der Waals surface area contributed by atoms with Crippen LogP contribution in [-0.2, 0) is 4.74 Å². The van der Waals surface area contributed by atoms with Crippen molar-refractivity contribution in [3.05, 3.63) is 0 Å². The van der Waals surface area contributed by atoms with Crippen molar-refractivity contribution >= 4 is 0 Å². The molecule has 2 heteroatoms. The van der Waals surface area contributed by atoms with Crippen molar-refractivity contribution in [2.24, 2.45) is 0 Å². The van der Waals surface area contributed by atoms with E-state index in [2.05, 4.69) is 18.2 Å². The lowest BCUT2D eigenvalue weighted by molar-refractivity contribution is -0.0998. The second-order valence-electron chi connectivity index (χ2n) is 4.33. The molecule has 0 bridgehead atoms. The van der Waals surface area contributed by atoms with Gasteiger partial charge in [0.1, 0.15) is 0 Å². The maximum atomic E-state index is 5.71. The van der Waals surface area contributed by atoms with Gasteiger partial charge < -0.3 is 10.1 Å². The first-order chi connectivity index (χ1) is 7.29. The Kier molecular flexibility index (Phi) is 5.14. The van der Waals surface area contributed by atoms with Crippen LogP contribution in [0, 0.1) is 12.3 Å². The van der Waals surface area contributed by atoms with Gasteiger partial charge in [-0.3, -0.25) is 0 Å². The molecule has 2 nitrogen and oxygen atoms in total. The van der Waals surface area contributed by atoms with Crippen LogP contribution < -0.4 is 5.32 Å². The molecule has 15 heavy (non-hydrogen) atoms. The molecule has 1 atom stereocenters. The van der Waals surface area contributed by atoms with Crippen molar-refractivity contribution in [1.82, 2.24) is 5.32 Å². The number of methoxy groups -OCH3 is 1. The molecule has 0 aromatic rings. The van der Waals surface area contributed by atoms with Crippen molar-refractivity contribution in [1.29, 1.82) is 0 Å². The summed E-state index contributed by atoms with van der Waals surface area (Å²) in [6.07, 6.45) is 12.1. The van der Waals surface area contributed by atoms with Gasteiger partial charge in [0.25, 0.3) is 0 Å². The molecule has 1 fully saturated rings. The molecule has 0 amide bonds. The minimum absolute atomic E-state index is 0.102. The second-order valence-corrected chi connectivity index (χ2v) is 4.33. The topological polar surface area (TPSA) is 21.3 Å². The monoisotopic (exact) mass is 209 g/mol. The van der Waals surface area contributed by atoms with E-state index in [4.69, 9.17) is 11.2 Å². The lowest BCUT2D eigenvalue weighted by atomic mass is 9.73. The SMILES string of the molecule is C#CCCCC(NCC)C1(OC)CCC1. The smallest absolute Gasteiger partial charge is 0.0831 e. The van der Waals surface area contributed by atoms with Crippen LogP contribution in [-0.4, -0.2) is 25.3 Å². The van der Waals surface area contributed by atoms with Crippen LogP contribution in [0.15, 0.2) is 0 Å². The number of terminal acetylenes is 1. The molecule has 0 aromatic carbocycles. The second kappa shape index (κ2) is 6.15. The van der Waals surface area contributed by atoms with Gasteiger partial charge in [-0.25, -0.2) is 0 Å². The fourth-order valence-electron chi connectivity index (χ4n) is 2.43. The van der Waals surface area contributed by atoms with Gasteiger partial charge >= 0.3 is 0 Å². The predicted octanol–water partition coefficient (Wildman–Crippen LogP) is 2.34. The summed E-state index contributed by atoms with van der Waals surface area (Å²) in [5, 5.41) is 3.54. The van der Waals surface area contributed by atoms with E-state index in [0.29, 0.717) is 6.04 Å². The van der Waals surface area contributed by atoms with Crippen LogP contribution >= 0.6 is 0 Å². The summed E-state index contributed by atoms with van der Waals surface area (Å²) in [4.78, 5) is 0. The molecule has 1 aliphatic rings. The maximum Gasteiger partial charge on any atom is 0.0831 e. The van der Waals surface area contributed by atoms with E-state index in [9.17, 15) is 0 Å². The van der Waals surface area contributed by atoms with Crippen molar-refractivity contribution in [2.45, 2.75) is 57.1 Å². The molecule has 1 aliphatic carbocycles. The van der Waals surface area contributed by atoms with Gasteiger partial charge in [-0.05, 0) is 38.6 Å². The molecule has 1 rings (SSSR count).